The van der Waals surface area contributed by atoms with E-state index in [9.17, 15) is 9.18 Å². The van der Waals surface area contributed by atoms with Crippen LogP contribution in [-0.4, -0.2) is 23.2 Å². The molecule has 0 saturated carbocycles. The zero-order chi connectivity index (χ0) is 17.6. The normalized spacial score (nSPS) is 11.0. The summed E-state index contributed by atoms with van der Waals surface area (Å²) in [6.45, 7) is 6.09. The largest absolute Gasteiger partial charge is 0.444 e. The van der Waals surface area contributed by atoms with Crippen molar-refractivity contribution in [3.8, 4) is 0 Å². The van der Waals surface area contributed by atoms with E-state index in [-0.39, 0.29) is 5.82 Å². The van der Waals surface area contributed by atoms with Crippen molar-refractivity contribution in [2.24, 2.45) is 0 Å². The summed E-state index contributed by atoms with van der Waals surface area (Å²) in [4.78, 5) is 15.9. The van der Waals surface area contributed by atoms with Gasteiger partial charge < -0.3 is 10.1 Å². The molecule has 0 saturated heterocycles. The predicted octanol–water partition coefficient (Wildman–Crippen LogP) is 4.22. The lowest BCUT2D eigenvalue weighted by Gasteiger charge is -2.19. The molecule has 0 bridgehead atoms. The van der Waals surface area contributed by atoms with Crippen molar-refractivity contribution >= 4 is 17.6 Å². The second kappa shape index (κ2) is 7.77. The summed E-state index contributed by atoms with van der Waals surface area (Å²) in [5.41, 5.74) is 1.07. The Morgan fingerprint density at radius 3 is 2.46 bits per heavy atom. The summed E-state index contributed by atoms with van der Waals surface area (Å²) in [5.74, 6) is 0.466. The number of nitrogens with zero attached hydrogens (tertiary/aromatic N) is 1. The monoisotopic (exact) mass is 331 g/mol. The van der Waals surface area contributed by atoms with E-state index in [1.165, 1.54) is 12.1 Å². The van der Waals surface area contributed by atoms with Crippen molar-refractivity contribution < 1.29 is 13.9 Å². The van der Waals surface area contributed by atoms with Gasteiger partial charge in [0.15, 0.2) is 0 Å². The van der Waals surface area contributed by atoms with Gasteiger partial charge in [-0.05, 0) is 57.0 Å². The molecule has 128 valence electrons. The number of ether oxygens (including phenoxy) is 1. The molecule has 1 heterocycles. The molecule has 0 spiro atoms. The van der Waals surface area contributed by atoms with Crippen molar-refractivity contribution in [3.63, 3.8) is 0 Å². The smallest absolute Gasteiger partial charge is 0.412 e. The zero-order valence-electron chi connectivity index (χ0n) is 14.1. The van der Waals surface area contributed by atoms with E-state index in [0.717, 1.165) is 12.0 Å². The number of pyridine rings is 1. The molecular weight excluding hydrogens is 309 g/mol. The fraction of sp³-hybridized carbons (Fsp3) is 0.333. The molecule has 1 amide bonds. The summed E-state index contributed by atoms with van der Waals surface area (Å²) in [7, 11) is 0. The van der Waals surface area contributed by atoms with Crippen molar-refractivity contribution in [2.45, 2.75) is 32.8 Å². The van der Waals surface area contributed by atoms with Crippen molar-refractivity contribution in [1.82, 2.24) is 4.98 Å². The van der Waals surface area contributed by atoms with Crippen LogP contribution in [0.25, 0.3) is 0 Å². The first-order valence-electron chi connectivity index (χ1n) is 7.76. The van der Waals surface area contributed by atoms with Crippen LogP contribution in [0.15, 0.2) is 42.6 Å². The number of nitrogens with one attached hydrogen (secondary N) is 2. The van der Waals surface area contributed by atoms with Crippen LogP contribution in [0, 0.1) is 5.82 Å². The molecule has 0 aliphatic heterocycles. The summed E-state index contributed by atoms with van der Waals surface area (Å²) in [6.07, 6.45) is 1.81. The fourth-order valence-electron chi connectivity index (χ4n) is 1.98. The predicted molar refractivity (Wildman–Crippen MR) is 92.7 cm³/mol. The van der Waals surface area contributed by atoms with Gasteiger partial charge in [-0.1, -0.05) is 12.1 Å². The number of aromatic nitrogens is 1. The van der Waals surface area contributed by atoms with Gasteiger partial charge >= 0.3 is 6.09 Å². The van der Waals surface area contributed by atoms with Crippen LogP contribution < -0.4 is 10.6 Å². The Morgan fingerprint density at radius 2 is 1.88 bits per heavy atom. The molecule has 2 aromatic rings. The van der Waals surface area contributed by atoms with Crippen LogP contribution in [0.5, 0.6) is 0 Å². The first-order chi connectivity index (χ1) is 11.3. The lowest BCUT2D eigenvalue weighted by Crippen LogP contribution is -2.27. The lowest BCUT2D eigenvalue weighted by molar-refractivity contribution is 0.0636. The van der Waals surface area contributed by atoms with Gasteiger partial charge in [0.1, 0.15) is 17.2 Å². The second-order valence-electron chi connectivity index (χ2n) is 6.36. The standard InChI is InChI=1S/C18H22FN3O2/c1-18(2,3)24-17(23)22-15-8-9-16(21-12-15)20-11-10-13-4-6-14(19)7-5-13/h4-9,12H,10-11H2,1-3H3,(H,20,21)(H,22,23). The number of amides is 1. The van der Waals surface area contributed by atoms with E-state index in [0.29, 0.717) is 18.1 Å². The third-order valence-corrected chi connectivity index (χ3v) is 3.04. The van der Waals surface area contributed by atoms with Crippen LogP contribution in [-0.2, 0) is 11.2 Å². The van der Waals surface area contributed by atoms with E-state index in [4.69, 9.17) is 4.74 Å². The average molecular weight is 331 g/mol. The van der Waals surface area contributed by atoms with Gasteiger partial charge in [-0.15, -0.1) is 0 Å². The Kier molecular flexibility index (Phi) is 5.73. The molecular formula is C18H22FN3O2. The number of halogens is 1. The summed E-state index contributed by atoms with van der Waals surface area (Å²) >= 11 is 0. The number of hydrogen-bond donors (Lipinski definition) is 2. The first kappa shape index (κ1) is 17.7. The molecule has 1 aromatic carbocycles. The van der Waals surface area contributed by atoms with E-state index >= 15 is 0 Å². The molecule has 2 rings (SSSR count). The molecule has 0 fully saturated rings. The van der Waals surface area contributed by atoms with E-state index in [1.54, 1.807) is 51.2 Å². The van der Waals surface area contributed by atoms with Crippen molar-refractivity contribution in [1.29, 1.82) is 0 Å². The minimum absolute atomic E-state index is 0.235. The number of rotatable bonds is 5. The Balaban J connectivity index is 1.79. The number of hydrogen-bond acceptors (Lipinski definition) is 4. The van der Waals surface area contributed by atoms with Crippen LogP contribution in [0.4, 0.5) is 20.7 Å². The molecule has 0 aliphatic rings. The molecule has 0 aliphatic carbocycles. The van der Waals surface area contributed by atoms with Crippen LogP contribution in [0.3, 0.4) is 0 Å². The number of benzene rings is 1. The highest BCUT2D eigenvalue weighted by Gasteiger charge is 2.16. The molecule has 0 atom stereocenters. The van der Waals surface area contributed by atoms with E-state index < -0.39 is 11.7 Å². The lowest BCUT2D eigenvalue weighted by atomic mass is 10.1. The average Bonchev–Trinajstić information content (AvgIpc) is 2.49. The molecule has 0 unspecified atom stereocenters. The summed E-state index contributed by atoms with van der Waals surface area (Å²) in [6, 6.07) is 9.94. The molecule has 6 heteroatoms. The minimum Gasteiger partial charge on any atom is -0.444 e. The van der Waals surface area contributed by atoms with Gasteiger partial charge in [-0.2, -0.15) is 0 Å². The molecule has 5 nitrogen and oxygen atoms in total. The summed E-state index contributed by atoms with van der Waals surface area (Å²) in [5, 5.41) is 5.80. The quantitative estimate of drug-likeness (QED) is 0.861. The van der Waals surface area contributed by atoms with Gasteiger partial charge in [0.25, 0.3) is 0 Å². The Bertz CT molecular complexity index is 664. The molecule has 0 radical (unpaired) electrons. The van der Waals surface area contributed by atoms with Gasteiger partial charge in [0, 0.05) is 6.54 Å². The summed E-state index contributed by atoms with van der Waals surface area (Å²) < 4.78 is 18.0. The van der Waals surface area contributed by atoms with Gasteiger partial charge in [-0.3, -0.25) is 5.32 Å². The molecule has 24 heavy (non-hydrogen) atoms. The number of anilines is 2. The second-order valence-corrected chi connectivity index (χ2v) is 6.36. The Hall–Kier alpha value is -2.63. The highest BCUT2D eigenvalue weighted by Crippen LogP contribution is 2.13. The third kappa shape index (κ3) is 6.24. The number of carbonyl (C=O) groups excluding carboxylic acids is 1. The maximum absolute atomic E-state index is 12.8. The van der Waals surface area contributed by atoms with Gasteiger partial charge in [-0.25, -0.2) is 14.2 Å². The highest BCUT2D eigenvalue weighted by atomic mass is 19.1. The molecule has 1 aromatic heterocycles. The zero-order valence-corrected chi connectivity index (χ0v) is 14.1. The SMILES string of the molecule is CC(C)(C)OC(=O)Nc1ccc(NCCc2ccc(F)cc2)nc1. The topological polar surface area (TPSA) is 63.2 Å². The maximum Gasteiger partial charge on any atom is 0.412 e. The van der Waals surface area contributed by atoms with E-state index in [2.05, 4.69) is 15.6 Å². The van der Waals surface area contributed by atoms with Gasteiger partial charge in [0.2, 0.25) is 0 Å². The van der Waals surface area contributed by atoms with Crippen LogP contribution in [0.1, 0.15) is 26.3 Å². The molecule has 2 N–H and O–H groups in total. The fourth-order valence-corrected chi connectivity index (χ4v) is 1.98. The van der Waals surface area contributed by atoms with Crippen molar-refractivity contribution in [3.05, 3.63) is 54.0 Å². The minimum atomic E-state index is -0.542. The number of carbonyl (C=O) groups is 1. The Labute approximate surface area is 141 Å². The Morgan fingerprint density at radius 1 is 1.17 bits per heavy atom. The van der Waals surface area contributed by atoms with Crippen LogP contribution >= 0.6 is 0 Å². The first-order valence-corrected chi connectivity index (χ1v) is 7.76. The third-order valence-electron chi connectivity index (χ3n) is 3.04. The maximum atomic E-state index is 12.8. The highest BCUT2D eigenvalue weighted by molar-refractivity contribution is 5.84. The van der Waals surface area contributed by atoms with E-state index in [1.807, 2.05) is 0 Å². The van der Waals surface area contributed by atoms with Crippen molar-refractivity contribution in [2.75, 3.05) is 17.2 Å². The van der Waals surface area contributed by atoms with Crippen LogP contribution in [0.2, 0.25) is 0 Å². The van der Waals surface area contributed by atoms with Gasteiger partial charge in [0.05, 0.1) is 11.9 Å².